The Morgan fingerprint density at radius 1 is 0.627 bits per heavy atom. The summed E-state index contributed by atoms with van der Waals surface area (Å²) in [5.74, 6) is 0. The number of fused-ring (bicyclic) bond motifs is 12. The Morgan fingerprint density at radius 2 is 1.35 bits per heavy atom. The summed E-state index contributed by atoms with van der Waals surface area (Å²) in [7, 11) is 0. The van der Waals surface area contributed by atoms with Crippen LogP contribution in [0.25, 0.3) is 43.8 Å². The number of nitrogens with zero attached hydrogens (tertiary/aromatic N) is 2. The van der Waals surface area contributed by atoms with Gasteiger partial charge in [-0.3, -0.25) is 0 Å². The molecule has 0 spiro atoms. The maximum atomic E-state index is 6.58. The largest absolute Gasteiger partial charge is 0.456 e. The van der Waals surface area contributed by atoms with E-state index in [0.29, 0.717) is 0 Å². The third-order valence-corrected chi connectivity index (χ3v) is 12.0. The summed E-state index contributed by atoms with van der Waals surface area (Å²) < 4.78 is 6.58. The van der Waals surface area contributed by atoms with Gasteiger partial charge in [0.15, 0.2) is 0 Å². The van der Waals surface area contributed by atoms with E-state index in [0.717, 1.165) is 16.6 Å². The van der Waals surface area contributed by atoms with Gasteiger partial charge in [0, 0.05) is 44.2 Å². The van der Waals surface area contributed by atoms with Crippen molar-refractivity contribution < 1.29 is 4.42 Å². The van der Waals surface area contributed by atoms with Gasteiger partial charge in [0.05, 0.1) is 11.4 Å². The second kappa shape index (κ2) is 9.73. The predicted octanol–water partition coefficient (Wildman–Crippen LogP) is 11.4. The van der Waals surface area contributed by atoms with Crippen LogP contribution >= 0.6 is 0 Å². The van der Waals surface area contributed by atoms with Crippen LogP contribution in [0.2, 0.25) is 0 Å². The smallest absolute Gasteiger partial charge is 0.333 e. The van der Waals surface area contributed by atoms with Crippen LogP contribution < -0.4 is 20.6 Å². The zero-order valence-corrected chi connectivity index (χ0v) is 29.6. The van der Waals surface area contributed by atoms with E-state index in [1.807, 2.05) is 0 Å². The summed E-state index contributed by atoms with van der Waals surface area (Å²) in [5.41, 5.74) is 17.2. The van der Waals surface area contributed by atoms with Gasteiger partial charge in [-0.25, -0.2) is 0 Å². The number of hydrogen-bond acceptors (Lipinski definition) is 3. The highest BCUT2D eigenvalue weighted by Crippen LogP contribution is 2.57. The van der Waals surface area contributed by atoms with E-state index in [2.05, 4.69) is 178 Å². The highest BCUT2D eigenvalue weighted by Gasteiger charge is 2.50. The number of furan rings is 1. The summed E-state index contributed by atoms with van der Waals surface area (Å²) >= 11 is 0. The van der Waals surface area contributed by atoms with Gasteiger partial charge in [-0.15, -0.1) is 0 Å². The molecule has 0 atom stereocenters. The van der Waals surface area contributed by atoms with Crippen molar-refractivity contribution in [3.63, 3.8) is 0 Å². The molecule has 4 heterocycles. The number of para-hydroxylation sites is 3. The Morgan fingerprint density at radius 3 is 2.18 bits per heavy atom. The fourth-order valence-corrected chi connectivity index (χ4v) is 9.55. The van der Waals surface area contributed by atoms with Crippen molar-refractivity contribution in [2.45, 2.75) is 45.4 Å². The zero-order valence-electron chi connectivity index (χ0n) is 29.6. The molecule has 1 aromatic heterocycles. The van der Waals surface area contributed by atoms with Crippen LogP contribution in [0.4, 0.5) is 28.4 Å². The van der Waals surface area contributed by atoms with E-state index in [9.17, 15) is 0 Å². The lowest BCUT2D eigenvalue weighted by atomic mass is 9.42. The Kier molecular flexibility index (Phi) is 5.54. The minimum atomic E-state index is -0.170. The number of anilines is 5. The van der Waals surface area contributed by atoms with Crippen molar-refractivity contribution in [2.75, 3.05) is 9.71 Å². The monoisotopic (exact) mass is 656 g/mol. The summed E-state index contributed by atoms with van der Waals surface area (Å²) in [6.45, 7) is 11.6. The zero-order chi connectivity index (χ0) is 34.4. The molecule has 4 heteroatoms. The average Bonchev–Trinajstić information content (AvgIpc) is 3.53. The summed E-state index contributed by atoms with van der Waals surface area (Å²) in [6.07, 6.45) is 0. The van der Waals surface area contributed by atoms with Crippen LogP contribution in [0.3, 0.4) is 0 Å². The van der Waals surface area contributed by atoms with Gasteiger partial charge in [-0.05, 0) is 86.4 Å². The topological polar surface area (TPSA) is 19.6 Å². The molecule has 0 aliphatic carbocycles. The minimum Gasteiger partial charge on any atom is -0.456 e. The van der Waals surface area contributed by atoms with Gasteiger partial charge in [-0.2, -0.15) is 0 Å². The standard InChI is InChI=1S/C47H37BN2O/c1-46(2,3)29-21-23-30(24-22-29)50-38-25-26-40-42(32-15-8-11-20-39(32)51-40)41(38)33-27-28-13-6-7-14-31(28)44-43(33)48(50)36-18-12-17-35-45(36)49(44)37-19-10-9-16-34(37)47(35,4)5/h6-27H,1-5H3. The molecule has 0 radical (unpaired) electrons. The van der Waals surface area contributed by atoms with Crippen molar-refractivity contribution in [3.8, 4) is 11.1 Å². The molecular formula is C47H37BN2O. The molecule has 3 aliphatic rings. The molecule has 0 N–H and O–H groups in total. The average molecular weight is 657 g/mol. The predicted molar refractivity (Wildman–Crippen MR) is 216 cm³/mol. The molecule has 0 fully saturated rings. The fraction of sp³-hybridized carbons (Fsp3) is 0.149. The van der Waals surface area contributed by atoms with Crippen LogP contribution in [0.15, 0.2) is 138 Å². The summed E-state index contributed by atoms with van der Waals surface area (Å²) in [4.78, 5) is 5.24. The van der Waals surface area contributed by atoms with Crippen molar-refractivity contribution >= 4 is 78.9 Å². The van der Waals surface area contributed by atoms with E-state index in [1.54, 1.807) is 0 Å². The molecule has 11 rings (SSSR count). The van der Waals surface area contributed by atoms with Crippen LogP contribution in [0.5, 0.6) is 0 Å². The van der Waals surface area contributed by atoms with Crippen LogP contribution in [0, 0.1) is 0 Å². The molecule has 0 saturated heterocycles. The van der Waals surface area contributed by atoms with E-state index >= 15 is 0 Å². The van der Waals surface area contributed by atoms with E-state index in [4.69, 9.17) is 4.42 Å². The molecule has 7 aromatic carbocycles. The summed E-state index contributed by atoms with van der Waals surface area (Å²) in [5, 5.41) is 4.84. The highest BCUT2D eigenvalue weighted by molar-refractivity contribution is 6.94. The van der Waals surface area contributed by atoms with Crippen molar-refractivity contribution in [3.05, 3.63) is 150 Å². The van der Waals surface area contributed by atoms with Gasteiger partial charge in [0.25, 0.3) is 0 Å². The number of hydrogen-bond donors (Lipinski definition) is 0. The lowest BCUT2D eigenvalue weighted by Crippen LogP contribution is -2.62. The lowest BCUT2D eigenvalue weighted by molar-refractivity contribution is 0.590. The van der Waals surface area contributed by atoms with Gasteiger partial charge in [0.2, 0.25) is 0 Å². The molecule has 0 unspecified atom stereocenters. The van der Waals surface area contributed by atoms with Crippen LogP contribution in [-0.2, 0) is 10.8 Å². The van der Waals surface area contributed by atoms with Crippen LogP contribution in [-0.4, -0.2) is 6.85 Å². The molecule has 0 amide bonds. The first-order chi connectivity index (χ1) is 24.7. The molecule has 0 bridgehead atoms. The third kappa shape index (κ3) is 3.70. The number of rotatable bonds is 1. The van der Waals surface area contributed by atoms with E-state index in [-0.39, 0.29) is 17.7 Å². The maximum Gasteiger partial charge on any atom is 0.333 e. The first-order valence-corrected chi connectivity index (χ1v) is 18.1. The van der Waals surface area contributed by atoms with Gasteiger partial charge in [-0.1, -0.05) is 126 Å². The van der Waals surface area contributed by atoms with Crippen molar-refractivity contribution in [1.82, 2.24) is 0 Å². The fourth-order valence-electron chi connectivity index (χ4n) is 9.55. The first-order valence-electron chi connectivity index (χ1n) is 18.1. The Balaban J connectivity index is 1.34. The molecular weight excluding hydrogens is 619 g/mol. The number of benzene rings is 7. The Labute approximate surface area is 298 Å². The molecule has 51 heavy (non-hydrogen) atoms. The summed E-state index contributed by atoms with van der Waals surface area (Å²) in [6, 6.07) is 49.9. The second-order valence-electron chi connectivity index (χ2n) is 16.1. The SMILES string of the molecule is CC(C)(C)c1ccc(N2B3c4cccc5c4N(c4ccccc4C5(C)C)c4c3c(cc3ccccc43)-c3c2ccc2oc4ccccc4c32)cc1. The second-order valence-corrected chi connectivity index (χ2v) is 16.1. The van der Waals surface area contributed by atoms with E-state index < -0.39 is 0 Å². The molecule has 244 valence electrons. The van der Waals surface area contributed by atoms with Gasteiger partial charge in [0.1, 0.15) is 11.2 Å². The minimum absolute atomic E-state index is 0.0459. The molecule has 3 nitrogen and oxygen atoms in total. The quantitative estimate of drug-likeness (QED) is 0.164. The third-order valence-electron chi connectivity index (χ3n) is 12.0. The van der Waals surface area contributed by atoms with Gasteiger partial charge < -0.3 is 14.1 Å². The molecule has 8 aromatic rings. The van der Waals surface area contributed by atoms with Crippen LogP contribution in [0.1, 0.15) is 51.3 Å². The van der Waals surface area contributed by atoms with Gasteiger partial charge >= 0.3 is 6.85 Å². The molecule has 0 saturated carbocycles. The Hall–Kier alpha value is -5.74. The lowest BCUT2D eigenvalue weighted by Gasteiger charge is -2.50. The first kappa shape index (κ1) is 29.0. The van der Waals surface area contributed by atoms with E-state index in [1.165, 1.54) is 83.3 Å². The molecule has 3 aliphatic heterocycles. The Bertz CT molecular complexity index is 2780. The maximum absolute atomic E-state index is 6.58. The normalized spacial score (nSPS) is 15.2. The van der Waals surface area contributed by atoms with Crippen molar-refractivity contribution in [1.29, 1.82) is 0 Å². The van der Waals surface area contributed by atoms with Crippen molar-refractivity contribution in [2.24, 2.45) is 0 Å². The highest BCUT2D eigenvalue weighted by atomic mass is 16.3.